The number of benzene rings is 2. The lowest BCUT2D eigenvalue weighted by molar-refractivity contribution is -0.124. The minimum atomic E-state index is -0.115. The van der Waals surface area contributed by atoms with Gasteiger partial charge in [0.25, 0.3) is 5.91 Å². The molecule has 1 aliphatic rings. The SMILES string of the molecule is Cc1ccccc1OCC(=O)NC(CN1CCOCC1)c1ccccc1. The molecule has 1 amide bonds. The number of carbonyl (C=O) groups excluding carboxylic acids is 1. The molecule has 2 aromatic rings. The Morgan fingerprint density at radius 1 is 1.12 bits per heavy atom. The zero-order valence-corrected chi connectivity index (χ0v) is 15.2. The molecule has 1 aliphatic heterocycles. The van der Waals surface area contributed by atoms with Gasteiger partial charge in [-0.2, -0.15) is 0 Å². The van der Waals surface area contributed by atoms with Gasteiger partial charge in [-0.15, -0.1) is 0 Å². The number of carbonyl (C=O) groups is 1. The Kier molecular flexibility index (Phi) is 6.63. The van der Waals surface area contributed by atoms with Crippen LogP contribution in [0.1, 0.15) is 17.2 Å². The number of nitrogens with zero attached hydrogens (tertiary/aromatic N) is 1. The number of rotatable bonds is 7. The highest BCUT2D eigenvalue weighted by atomic mass is 16.5. The second-order valence-electron chi connectivity index (χ2n) is 6.50. The number of morpholine rings is 1. The molecule has 26 heavy (non-hydrogen) atoms. The van der Waals surface area contributed by atoms with Gasteiger partial charge >= 0.3 is 0 Å². The van der Waals surface area contributed by atoms with E-state index in [0.717, 1.165) is 49.7 Å². The summed E-state index contributed by atoms with van der Waals surface area (Å²) in [5.74, 6) is 0.627. The highest BCUT2D eigenvalue weighted by molar-refractivity contribution is 5.78. The number of amides is 1. The molecular formula is C21H26N2O3. The van der Waals surface area contributed by atoms with Crippen molar-refractivity contribution < 1.29 is 14.3 Å². The molecule has 0 spiro atoms. The summed E-state index contributed by atoms with van der Waals surface area (Å²) in [5, 5.41) is 3.12. The zero-order chi connectivity index (χ0) is 18.2. The van der Waals surface area contributed by atoms with Crippen molar-refractivity contribution in [1.29, 1.82) is 0 Å². The average molecular weight is 354 g/mol. The molecule has 1 fully saturated rings. The Balaban J connectivity index is 1.61. The fourth-order valence-electron chi connectivity index (χ4n) is 3.06. The number of hydrogen-bond acceptors (Lipinski definition) is 4. The van der Waals surface area contributed by atoms with Gasteiger partial charge in [-0.3, -0.25) is 9.69 Å². The molecule has 2 aromatic carbocycles. The third-order valence-electron chi connectivity index (χ3n) is 4.53. The number of para-hydroxylation sites is 1. The van der Waals surface area contributed by atoms with E-state index in [1.54, 1.807) is 0 Å². The first-order chi connectivity index (χ1) is 12.7. The molecule has 3 rings (SSSR count). The van der Waals surface area contributed by atoms with Crippen molar-refractivity contribution in [2.45, 2.75) is 13.0 Å². The van der Waals surface area contributed by atoms with Gasteiger partial charge < -0.3 is 14.8 Å². The minimum Gasteiger partial charge on any atom is -0.484 e. The van der Waals surface area contributed by atoms with E-state index in [-0.39, 0.29) is 18.6 Å². The average Bonchev–Trinajstić information content (AvgIpc) is 2.68. The van der Waals surface area contributed by atoms with Gasteiger partial charge in [0.05, 0.1) is 19.3 Å². The van der Waals surface area contributed by atoms with Crippen LogP contribution in [-0.4, -0.2) is 50.3 Å². The molecule has 1 saturated heterocycles. The molecule has 5 nitrogen and oxygen atoms in total. The predicted molar refractivity (Wildman–Crippen MR) is 101 cm³/mol. The Morgan fingerprint density at radius 3 is 2.54 bits per heavy atom. The molecule has 138 valence electrons. The third kappa shape index (κ3) is 5.31. The standard InChI is InChI=1S/C21H26N2O3/c1-17-7-5-6-10-20(17)26-16-21(24)22-19(18-8-3-2-4-9-18)15-23-11-13-25-14-12-23/h2-10,19H,11-16H2,1H3,(H,22,24). The first-order valence-corrected chi connectivity index (χ1v) is 9.05. The molecule has 0 aromatic heterocycles. The molecule has 0 radical (unpaired) electrons. The van der Waals surface area contributed by atoms with Crippen molar-refractivity contribution in [1.82, 2.24) is 10.2 Å². The number of aryl methyl sites for hydroxylation is 1. The van der Waals surface area contributed by atoms with E-state index < -0.39 is 0 Å². The molecule has 0 bridgehead atoms. The van der Waals surface area contributed by atoms with E-state index in [1.807, 2.05) is 61.5 Å². The van der Waals surface area contributed by atoms with Crippen molar-refractivity contribution in [3.63, 3.8) is 0 Å². The van der Waals surface area contributed by atoms with Gasteiger partial charge in [0.15, 0.2) is 6.61 Å². The maximum absolute atomic E-state index is 12.5. The predicted octanol–water partition coefficient (Wildman–Crippen LogP) is 2.56. The van der Waals surface area contributed by atoms with E-state index in [9.17, 15) is 4.79 Å². The van der Waals surface area contributed by atoms with Crippen LogP contribution >= 0.6 is 0 Å². The Bertz CT molecular complexity index is 699. The van der Waals surface area contributed by atoms with E-state index in [0.29, 0.717) is 0 Å². The van der Waals surface area contributed by atoms with Gasteiger partial charge in [-0.25, -0.2) is 0 Å². The summed E-state index contributed by atoms with van der Waals surface area (Å²) in [7, 11) is 0. The second-order valence-corrected chi connectivity index (χ2v) is 6.50. The summed E-state index contributed by atoms with van der Waals surface area (Å²) >= 11 is 0. The topological polar surface area (TPSA) is 50.8 Å². The van der Waals surface area contributed by atoms with Gasteiger partial charge in [0, 0.05) is 19.6 Å². The van der Waals surface area contributed by atoms with Gasteiger partial charge in [-0.05, 0) is 24.1 Å². The maximum Gasteiger partial charge on any atom is 0.258 e. The minimum absolute atomic E-state index is 0.0112. The Morgan fingerprint density at radius 2 is 1.81 bits per heavy atom. The van der Waals surface area contributed by atoms with Gasteiger partial charge in [0.2, 0.25) is 0 Å². The summed E-state index contributed by atoms with van der Waals surface area (Å²) in [6.07, 6.45) is 0. The number of nitrogens with one attached hydrogen (secondary N) is 1. The Labute approximate surface area is 154 Å². The summed E-state index contributed by atoms with van der Waals surface area (Å²) in [6, 6.07) is 17.7. The molecule has 1 atom stereocenters. The molecule has 0 aliphatic carbocycles. The van der Waals surface area contributed by atoms with Crippen LogP contribution < -0.4 is 10.1 Å². The summed E-state index contributed by atoms with van der Waals surface area (Å²) in [6.45, 7) is 6.01. The molecule has 5 heteroatoms. The summed E-state index contributed by atoms with van der Waals surface area (Å²) in [4.78, 5) is 14.8. The molecule has 0 saturated carbocycles. The van der Waals surface area contributed by atoms with E-state index in [4.69, 9.17) is 9.47 Å². The monoisotopic (exact) mass is 354 g/mol. The third-order valence-corrected chi connectivity index (χ3v) is 4.53. The quantitative estimate of drug-likeness (QED) is 0.830. The largest absolute Gasteiger partial charge is 0.484 e. The molecule has 1 N–H and O–H groups in total. The Hall–Kier alpha value is -2.37. The van der Waals surface area contributed by atoms with Crippen molar-refractivity contribution in [3.05, 3.63) is 65.7 Å². The van der Waals surface area contributed by atoms with Crippen LogP contribution in [0.3, 0.4) is 0 Å². The lowest BCUT2D eigenvalue weighted by Gasteiger charge is -2.31. The summed E-state index contributed by atoms with van der Waals surface area (Å²) in [5.41, 5.74) is 2.12. The van der Waals surface area contributed by atoms with Crippen molar-refractivity contribution in [3.8, 4) is 5.75 Å². The van der Waals surface area contributed by atoms with Gasteiger partial charge in [-0.1, -0.05) is 48.5 Å². The maximum atomic E-state index is 12.5. The number of hydrogen-bond donors (Lipinski definition) is 1. The first kappa shape index (κ1) is 18.4. The fourth-order valence-corrected chi connectivity index (χ4v) is 3.06. The van der Waals surface area contributed by atoms with Crippen LogP contribution in [0.5, 0.6) is 5.75 Å². The zero-order valence-electron chi connectivity index (χ0n) is 15.2. The van der Waals surface area contributed by atoms with Gasteiger partial charge in [0.1, 0.15) is 5.75 Å². The molecule has 1 unspecified atom stereocenters. The smallest absolute Gasteiger partial charge is 0.258 e. The molecular weight excluding hydrogens is 328 g/mol. The lowest BCUT2D eigenvalue weighted by Crippen LogP contribution is -2.44. The van der Waals surface area contributed by atoms with E-state index >= 15 is 0 Å². The highest BCUT2D eigenvalue weighted by Crippen LogP contribution is 2.17. The fraction of sp³-hybridized carbons (Fsp3) is 0.381. The van der Waals surface area contributed by atoms with Crippen LogP contribution in [-0.2, 0) is 9.53 Å². The van der Waals surface area contributed by atoms with Crippen molar-refractivity contribution in [2.75, 3.05) is 39.5 Å². The second kappa shape index (κ2) is 9.36. The van der Waals surface area contributed by atoms with Crippen LogP contribution in [0.4, 0.5) is 0 Å². The number of ether oxygens (including phenoxy) is 2. The van der Waals surface area contributed by atoms with Crippen LogP contribution in [0.2, 0.25) is 0 Å². The normalized spacial score (nSPS) is 16.0. The highest BCUT2D eigenvalue weighted by Gasteiger charge is 2.20. The molecule has 1 heterocycles. The van der Waals surface area contributed by atoms with Crippen LogP contribution in [0.25, 0.3) is 0 Å². The van der Waals surface area contributed by atoms with E-state index in [1.165, 1.54) is 0 Å². The lowest BCUT2D eigenvalue weighted by atomic mass is 10.1. The van der Waals surface area contributed by atoms with Crippen LogP contribution in [0, 0.1) is 6.92 Å². The van der Waals surface area contributed by atoms with Crippen molar-refractivity contribution in [2.24, 2.45) is 0 Å². The van der Waals surface area contributed by atoms with Crippen LogP contribution in [0.15, 0.2) is 54.6 Å². The van der Waals surface area contributed by atoms with E-state index in [2.05, 4.69) is 10.2 Å². The first-order valence-electron chi connectivity index (χ1n) is 9.05. The summed E-state index contributed by atoms with van der Waals surface area (Å²) < 4.78 is 11.1. The van der Waals surface area contributed by atoms with Crippen molar-refractivity contribution >= 4 is 5.91 Å².